The van der Waals surface area contributed by atoms with Crippen LogP contribution in [0.1, 0.15) is 31.4 Å². The zero-order valence-corrected chi connectivity index (χ0v) is 17.6. The molecule has 2 aliphatic carbocycles. The number of thiocarbonyl (C=S) groups is 1. The van der Waals surface area contributed by atoms with Crippen LogP contribution in [0, 0.1) is 11.8 Å². The Morgan fingerprint density at radius 3 is 2.83 bits per heavy atom. The van der Waals surface area contributed by atoms with E-state index in [2.05, 4.69) is 0 Å². The first-order chi connectivity index (χ1) is 14.0. The maximum Gasteiger partial charge on any atom is 0.266 e. The molecule has 3 atom stereocenters. The maximum atomic E-state index is 13.0. The van der Waals surface area contributed by atoms with Crippen molar-refractivity contribution in [2.24, 2.45) is 11.8 Å². The molecule has 5 rings (SSSR count). The first kappa shape index (κ1) is 18.8. The van der Waals surface area contributed by atoms with E-state index in [1.54, 1.807) is 18.2 Å². The second kappa shape index (κ2) is 7.22. The lowest BCUT2D eigenvalue weighted by Gasteiger charge is -2.30. The Bertz CT molecular complexity index is 1030. The number of phenolic OH excluding ortho intramolecular Hbond substituents is 1. The molecule has 2 heterocycles. The Hall–Kier alpha value is -2.25. The lowest BCUT2D eigenvalue weighted by Crippen LogP contribution is -2.41. The third-order valence-electron chi connectivity index (χ3n) is 6.22. The standard InChI is InChI=1S/C22H21NO4S2/c1-26-19-6-4-14(10-17(19)24)18-7-5-15(27-18)11-20-21(25)23(22(28)29-20)16-9-12-2-3-13(16)8-12/h4-7,10-13,16,24H,2-3,8-9H2,1H3. The van der Waals surface area contributed by atoms with Crippen LogP contribution in [0.15, 0.2) is 39.7 Å². The normalized spacial score (nSPS) is 27.4. The number of benzene rings is 1. The number of rotatable bonds is 4. The van der Waals surface area contributed by atoms with E-state index in [-0.39, 0.29) is 17.7 Å². The van der Waals surface area contributed by atoms with Crippen molar-refractivity contribution in [1.29, 1.82) is 0 Å². The number of furan rings is 1. The van der Waals surface area contributed by atoms with Crippen molar-refractivity contribution in [3.63, 3.8) is 0 Å². The number of nitrogens with zero attached hydrogens (tertiary/aromatic N) is 1. The summed E-state index contributed by atoms with van der Waals surface area (Å²) >= 11 is 6.90. The minimum Gasteiger partial charge on any atom is -0.504 e. The molecule has 1 saturated heterocycles. The monoisotopic (exact) mass is 427 g/mol. The van der Waals surface area contributed by atoms with Gasteiger partial charge in [-0.05, 0) is 61.4 Å². The van der Waals surface area contributed by atoms with Gasteiger partial charge in [0.15, 0.2) is 11.5 Å². The largest absolute Gasteiger partial charge is 0.504 e. The predicted octanol–water partition coefficient (Wildman–Crippen LogP) is 5.05. The van der Waals surface area contributed by atoms with Crippen molar-refractivity contribution in [3.8, 4) is 22.8 Å². The molecular weight excluding hydrogens is 406 g/mol. The van der Waals surface area contributed by atoms with Gasteiger partial charge in [-0.2, -0.15) is 0 Å². The zero-order chi connectivity index (χ0) is 20.1. The van der Waals surface area contributed by atoms with Crippen LogP contribution in [0.5, 0.6) is 11.5 Å². The summed E-state index contributed by atoms with van der Waals surface area (Å²) in [5, 5.41) is 9.98. The maximum absolute atomic E-state index is 13.0. The molecular formula is C22H21NO4S2. The summed E-state index contributed by atoms with van der Waals surface area (Å²) in [6.07, 6.45) is 6.58. The van der Waals surface area contributed by atoms with Gasteiger partial charge in [0.05, 0.1) is 12.0 Å². The number of carbonyl (C=O) groups is 1. The molecule has 1 aromatic carbocycles. The average molecular weight is 428 g/mol. The van der Waals surface area contributed by atoms with Crippen LogP contribution in [0.2, 0.25) is 0 Å². The van der Waals surface area contributed by atoms with Gasteiger partial charge in [-0.15, -0.1) is 0 Å². The molecule has 2 aromatic rings. The number of hydrogen-bond acceptors (Lipinski definition) is 6. The van der Waals surface area contributed by atoms with Crippen LogP contribution in [0.25, 0.3) is 17.4 Å². The number of aromatic hydroxyl groups is 1. The molecule has 1 aromatic heterocycles. The average Bonchev–Trinajstić information content (AvgIpc) is 3.48. The molecule has 0 spiro atoms. The van der Waals surface area contributed by atoms with Crippen molar-refractivity contribution in [1.82, 2.24) is 4.90 Å². The highest BCUT2D eigenvalue weighted by atomic mass is 32.2. The molecule has 7 heteroatoms. The lowest BCUT2D eigenvalue weighted by molar-refractivity contribution is -0.124. The Balaban J connectivity index is 1.37. The molecule has 1 N–H and O–H groups in total. The van der Waals surface area contributed by atoms with Gasteiger partial charge in [0.1, 0.15) is 15.8 Å². The summed E-state index contributed by atoms with van der Waals surface area (Å²) in [6, 6.07) is 9.01. The third kappa shape index (κ3) is 3.26. The SMILES string of the molecule is COc1ccc(-c2ccc(C=C3SC(=S)N(C4CC5CCC4C5)C3=O)o2)cc1O. The summed E-state index contributed by atoms with van der Waals surface area (Å²) in [4.78, 5) is 15.5. The van der Waals surface area contributed by atoms with Crippen LogP contribution in [0.3, 0.4) is 0 Å². The number of amides is 1. The first-order valence-electron chi connectivity index (χ1n) is 9.78. The Morgan fingerprint density at radius 1 is 1.28 bits per heavy atom. The number of ether oxygens (including phenoxy) is 1. The Labute approximate surface area is 178 Å². The first-order valence-corrected chi connectivity index (χ1v) is 11.0. The molecule has 5 nitrogen and oxygen atoms in total. The van der Waals surface area contributed by atoms with Crippen molar-refractivity contribution in [3.05, 3.63) is 41.0 Å². The third-order valence-corrected chi connectivity index (χ3v) is 7.55. The van der Waals surface area contributed by atoms with Gasteiger partial charge in [0.2, 0.25) is 0 Å². The summed E-state index contributed by atoms with van der Waals surface area (Å²) in [5.41, 5.74) is 0.734. The van der Waals surface area contributed by atoms with Crippen LogP contribution < -0.4 is 4.74 Å². The zero-order valence-electron chi connectivity index (χ0n) is 16.0. The molecule has 1 aliphatic heterocycles. The van der Waals surface area contributed by atoms with Crippen LogP contribution in [0.4, 0.5) is 0 Å². The fourth-order valence-electron chi connectivity index (χ4n) is 4.85. The van der Waals surface area contributed by atoms with E-state index in [1.807, 2.05) is 23.1 Å². The molecule has 3 aliphatic rings. The van der Waals surface area contributed by atoms with Crippen molar-refractivity contribution < 1.29 is 19.1 Å². The Morgan fingerprint density at radius 2 is 2.14 bits per heavy atom. The van der Waals surface area contributed by atoms with Crippen molar-refractivity contribution >= 4 is 40.3 Å². The van der Waals surface area contributed by atoms with Gasteiger partial charge in [-0.25, -0.2) is 0 Å². The summed E-state index contributed by atoms with van der Waals surface area (Å²) in [7, 11) is 1.51. The Kier molecular flexibility index (Phi) is 4.67. The molecule has 0 radical (unpaired) electrons. The van der Waals surface area contributed by atoms with Gasteiger partial charge >= 0.3 is 0 Å². The van der Waals surface area contributed by atoms with Crippen LogP contribution in [-0.4, -0.2) is 33.4 Å². The molecule has 150 valence electrons. The number of carbonyl (C=O) groups excluding carboxylic acids is 1. The van der Waals surface area contributed by atoms with Gasteiger partial charge in [0.25, 0.3) is 5.91 Å². The summed E-state index contributed by atoms with van der Waals surface area (Å²) in [5.74, 6) is 3.01. The smallest absolute Gasteiger partial charge is 0.266 e. The molecule has 2 saturated carbocycles. The van der Waals surface area contributed by atoms with E-state index in [9.17, 15) is 9.90 Å². The molecule has 2 bridgehead atoms. The fourth-order valence-corrected chi connectivity index (χ4v) is 6.20. The van der Waals surface area contributed by atoms with Crippen molar-refractivity contribution in [2.75, 3.05) is 7.11 Å². The highest BCUT2D eigenvalue weighted by Crippen LogP contribution is 2.49. The number of fused-ring (bicyclic) bond motifs is 2. The second-order valence-electron chi connectivity index (χ2n) is 7.88. The van der Waals surface area contributed by atoms with Crippen LogP contribution >= 0.6 is 24.0 Å². The highest BCUT2D eigenvalue weighted by Gasteiger charge is 2.47. The minimum absolute atomic E-state index is 0.00223. The second-order valence-corrected chi connectivity index (χ2v) is 9.56. The molecule has 29 heavy (non-hydrogen) atoms. The highest BCUT2D eigenvalue weighted by molar-refractivity contribution is 8.26. The van der Waals surface area contributed by atoms with Crippen molar-refractivity contribution in [2.45, 2.75) is 31.7 Å². The van der Waals surface area contributed by atoms with E-state index in [4.69, 9.17) is 21.4 Å². The van der Waals surface area contributed by atoms with Gasteiger partial charge in [0, 0.05) is 17.7 Å². The predicted molar refractivity (Wildman–Crippen MR) is 117 cm³/mol. The number of thioether (sulfide) groups is 1. The quantitative estimate of drug-likeness (QED) is 0.544. The summed E-state index contributed by atoms with van der Waals surface area (Å²) in [6.45, 7) is 0. The van der Waals surface area contributed by atoms with Gasteiger partial charge in [-0.1, -0.05) is 30.4 Å². The topological polar surface area (TPSA) is 62.9 Å². The van der Waals surface area contributed by atoms with E-state index >= 15 is 0 Å². The van der Waals surface area contributed by atoms with E-state index in [0.29, 0.717) is 32.4 Å². The van der Waals surface area contributed by atoms with E-state index in [0.717, 1.165) is 17.9 Å². The number of phenols is 1. The molecule has 3 fully saturated rings. The molecule has 3 unspecified atom stereocenters. The van der Waals surface area contributed by atoms with E-state index in [1.165, 1.54) is 38.1 Å². The number of methoxy groups -OCH3 is 1. The van der Waals surface area contributed by atoms with Gasteiger partial charge in [-0.3, -0.25) is 9.69 Å². The molecule has 1 amide bonds. The van der Waals surface area contributed by atoms with E-state index < -0.39 is 0 Å². The lowest BCUT2D eigenvalue weighted by atomic mass is 9.94. The summed E-state index contributed by atoms with van der Waals surface area (Å²) < 4.78 is 11.6. The van der Waals surface area contributed by atoms with Gasteiger partial charge < -0.3 is 14.3 Å². The minimum atomic E-state index is -0.00223. The fraction of sp³-hybridized carbons (Fsp3) is 0.364. The number of hydrogen-bond donors (Lipinski definition) is 1. The van der Waals surface area contributed by atoms with Crippen LogP contribution in [-0.2, 0) is 4.79 Å².